The Labute approximate surface area is 122 Å². The molecule has 104 valence electrons. The number of methoxy groups -OCH3 is 1. The summed E-state index contributed by atoms with van der Waals surface area (Å²) in [5, 5.41) is 0.431. The SMILES string of the molecule is COCCCCn1c(C(C)Cl)nc2cc(Cl)cnc21. The number of hydrogen-bond donors (Lipinski definition) is 0. The lowest BCUT2D eigenvalue weighted by atomic mass is 10.3. The molecule has 0 aliphatic heterocycles. The molecule has 2 aromatic heterocycles. The quantitative estimate of drug-likeness (QED) is 0.601. The molecule has 0 aliphatic rings. The minimum Gasteiger partial charge on any atom is -0.385 e. The van der Waals surface area contributed by atoms with Gasteiger partial charge in [0.15, 0.2) is 5.65 Å². The molecule has 2 rings (SSSR count). The first-order chi connectivity index (χ1) is 9.13. The van der Waals surface area contributed by atoms with Gasteiger partial charge in [0.05, 0.1) is 10.4 Å². The molecule has 6 heteroatoms. The van der Waals surface area contributed by atoms with Gasteiger partial charge in [0, 0.05) is 26.5 Å². The van der Waals surface area contributed by atoms with Crippen molar-refractivity contribution in [2.24, 2.45) is 0 Å². The maximum Gasteiger partial charge on any atom is 0.160 e. The van der Waals surface area contributed by atoms with E-state index in [4.69, 9.17) is 27.9 Å². The summed E-state index contributed by atoms with van der Waals surface area (Å²) in [6.45, 7) is 3.51. The van der Waals surface area contributed by atoms with Gasteiger partial charge < -0.3 is 9.30 Å². The monoisotopic (exact) mass is 301 g/mol. The van der Waals surface area contributed by atoms with Gasteiger partial charge in [0.25, 0.3) is 0 Å². The van der Waals surface area contributed by atoms with Gasteiger partial charge in [0.2, 0.25) is 0 Å². The summed E-state index contributed by atoms with van der Waals surface area (Å²) in [7, 11) is 1.71. The molecule has 1 unspecified atom stereocenters. The fourth-order valence-electron chi connectivity index (χ4n) is 2.04. The molecule has 0 aliphatic carbocycles. The van der Waals surface area contributed by atoms with Crippen LogP contribution in [0.15, 0.2) is 12.3 Å². The largest absolute Gasteiger partial charge is 0.385 e. The number of hydrogen-bond acceptors (Lipinski definition) is 3. The number of fused-ring (bicyclic) bond motifs is 1. The predicted molar refractivity (Wildman–Crippen MR) is 77.9 cm³/mol. The molecule has 0 bridgehead atoms. The van der Waals surface area contributed by atoms with Gasteiger partial charge in [-0.1, -0.05) is 11.6 Å². The summed E-state index contributed by atoms with van der Waals surface area (Å²) < 4.78 is 7.13. The summed E-state index contributed by atoms with van der Waals surface area (Å²) >= 11 is 12.1. The van der Waals surface area contributed by atoms with Gasteiger partial charge in [-0.15, -0.1) is 11.6 Å². The molecular formula is C13H17Cl2N3O. The Balaban J connectivity index is 2.30. The third-order valence-corrected chi connectivity index (χ3v) is 3.32. The maximum absolute atomic E-state index is 6.19. The van der Waals surface area contributed by atoms with E-state index in [1.807, 2.05) is 13.0 Å². The highest BCUT2D eigenvalue weighted by atomic mass is 35.5. The van der Waals surface area contributed by atoms with Crippen molar-refractivity contribution in [1.29, 1.82) is 0 Å². The number of aryl methyl sites for hydroxylation is 1. The van der Waals surface area contributed by atoms with Gasteiger partial charge >= 0.3 is 0 Å². The molecule has 0 fully saturated rings. The van der Waals surface area contributed by atoms with Gasteiger partial charge in [-0.25, -0.2) is 9.97 Å². The normalized spacial score (nSPS) is 13.1. The van der Waals surface area contributed by atoms with Crippen LogP contribution in [-0.2, 0) is 11.3 Å². The Morgan fingerprint density at radius 2 is 2.21 bits per heavy atom. The van der Waals surface area contributed by atoms with Crippen LogP contribution in [0, 0.1) is 0 Å². The van der Waals surface area contributed by atoms with Crippen LogP contribution in [0.4, 0.5) is 0 Å². The summed E-state index contributed by atoms with van der Waals surface area (Å²) in [6.07, 6.45) is 3.64. The van der Waals surface area contributed by atoms with Crippen LogP contribution in [0.3, 0.4) is 0 Å². The second-order valence-electron chi connectivity index (χ2n) is 4.43. The summed E-state index contributed by atoms with van der Waals surface area (Å²) in [6, 6.07) is 1.82. The van der Waals surface area contributed by atoms with Gasteiger partial charge in [0.1, 0.15) is 11.3 Å². The van der Waals surface area contributed by atoms with E-state index in [2.05, 4.69) is 14.5 Å². The van der Waals surface area contributed by atoms with E-state index in [-0.39, 0.29) is 5.38 Å². The first-order valence-corrected chi connectivity index (χ1v) is 7.09. The van der Waals surface area contributed by atoms with Crippen molar-refractivity contribution in [3.05, 3.63) is 23.1 Å². The molecule has 0 saturated heterocycles. The number of alkyl halides is 1. The standard InChI is InChI=1S/C13H17Cl2N3O/c1-9(14)12-17-11-7-10(15)8-16-13(11)18(12)5-3-4-6-19-2/h7-9H,3-6H2,1-2H3. The molecule has 0 N–H and O–H groups in total. The summed E-state index contributed by atoms with van der Waals surface area (Å²) in [4.78, 5) is 8.89. The average Bonchev–Trinajstić information content (AvgIpc) is 2.72. The Kier molecular flexibility index (Phi) is 5.02. The van der Waals surface area contributed by atoms with Crippen LogP contribution in [0.1, 0.15) is 31.0 Å². The first kappa shape index (κ1) is 14.6. The van der Waals surface area contributed by atoms with E-state index < -0.39 is 0 Å². The molecule has 0 spiro atoms. The summed E-state index contributed by atoms with van der Waals surface area (Å²) in [5.41, 5.74) is 1.63. The number of nitrogens with zero attached hydrogens (tertiary/aromatic N) is 3. The Morgan fingerprint density at radius 1 is 1.42 bits per heavy atom. The van der Waals surface area contributed by atoms with Crippen molar-refractivity contribution in [2.75, 3.05) is 13.7 Å². The molecule has 1 atom stereocenters. The number of imidazole rings is 1. The number of aromatic nitrogens is 3. The molecule has 0 radical (unpaired) electrons. The molecule has 0 saturated carbocycles. The zero-order valence-corrected chi connectivity index (χ0v) is 12.6. The van der Waals surface area contributed by atoms with E-state index in [9.17, 15) is 0 Å². The van der Waals surface area contributed by atoms with E-state index >= 15 is 0 Å². The third kappa shape index (κ3) is 3.38. The van der Waals surface area contributed by atoms with Gasteiger partial charge in [-0.05, 0) is 25.8 Å². The van der Waals surface area contributed by atoms with Crippen molar-refractivity contribution in [2.45, 2.75) is 31.7 Å². The highest BCUT2D eigenvalue weighted by Crippen LogP contribution is 2.25. The van der Waals surface area contributed by atoms with Crippen LogP contribution in [0.5, 0.6) is 0 Å². The zero-order valence-electron chi connectivity index (χ0n) is 11.1. The second kappa shape index (κ2) is 6.55. The van der Waals surface area contributed by atoms with E-state index in [1.165, 1.54) is 0 Å². The first-order valence-electron chi connectivity index (χ1n) is 6.28. The zero-order chi connectivity index (χ0) is 13.8. The number of pyridine rings is 1. The molecule has 0 amide bonds. The summed E-state index contributed by atoms with van der Waals surface area (Å²) in [5.74, 6) is 0.837. The van der Waals surface area contributed by atoms with Crippen LogP contribution < -0.4 is 0 Å². The highest BCUT2D eigenvalue weighted by Gasteiger charge is 2.15. The molecular weight excluding hydrogens is 285 g/mol. The fraction of sp³-hybridized carbons (Fsp3) is 0.538. The minimum atomic E-state index is -0.157. The van der Waals surface area contributed by atoms with Gasteiger partial charge in [-0.3, -0.25) is 0 Å². The smallest absolute Gasteiger partial charge is 0.160 e. The van der Waals surface area contributed by atoms with Gasteiger partial charge in [-0.2, -0.15) is 0 Å². The second-order valence-corrected chi connectivity index (χ2v) is 5.52. The minimum absolute atomic E-state index is 0.157. The average molecular weight is 302 g/mol. The molecule has 0 aromatic carbocycles. The van der Waals surface area contributed by atoms with Crippen LogP contribution >= 0.6 is 23.2 Å². The molecule has 4 nitrogen and oxygen atoms in total. The lowest BCUT2D eigenvalue weighted by Gasteiger charge is -2.09. The van der Waals surface area contributed by atoms with Crippen molar-refractivity contribution in [3.8, 4) is 0 Å². The number of rotatable bonds is 6. The highest BCUT2D eigenvalue weighted by molar-refractivity contribution is 6.31. The Morgan fingerprint density at radius 3 is 2.89 bits per heavy atom. The fourth-order valence-corrected chi connectivity index (χ4v) is 2.36. The number of unbranched alkanes of at least 4 members (excludes halogenated alkanes) is 1. The van der Waals surface area contributed by atoms with Crippen molar-refractivity contribution >= 4 is 34.4 Å². The van der Waals surface area contributed by atoms with Crippen molar-refractivity contribution in [1.82, 2.24) is 14.5 Å². The predicted octanol–water partition coefficient (Wildman–Crippen LogP) is 3.81. The third-order valence-electron chi connectivity index (χ3n) is 2.92. The topological polar surface area (TPSA) is 39.9 Å². The molecule has 2 aromatic rings. The van der Waals surface area contributed by atoms with Crippen LogP contribution in [0.25, 0.3) is 11.2 Å². The molecule has 2 heterocycles. The van der Waals surface area contributed by atoms with E-state index in [1.54, 1.807) is 13.3 Å². The van der Waals surface area contributed by atoms with E-state index in [0.29, 0.717) is 5.02 Å². The number of ether oxygens (including phenoxy) is 1. The molecule has 19 heavy (non-hydrogen) atoms. The van der Waals surface area contributed by atoms with E-state index in [0.717, 1.165) is 43.0 Å². The van der Waals surface area contributed by atoms with Crippen molar-refractivity contribution in [3.63, 3.8) is 0 Å². The Bertz CT molecular complexity index is 554. The van der Waals surface area contributed by atoms with Crippen LogP contribution in [0.2, 0.25) is 5.02 Å². The Hall–Kier alpha value is -0.840. The number of halogens is 2. The van der Waals surface area contributed by atoms with Crippen LogP contribution in [-0.4, -0.2) is 28.3 Å². The maximum atomic E-state index is 6.19. The van der Waals surface area contributed by atoms with Crippen molar-refractivity contribution < 1.29 is 4.74 Å². The lowest BCUT2D eigenvalue weighted by molar-refractivity contribution is 0.191. The lowest BCUT2D eigenvalue weighted by Crippen LogP contribution is -2.06.